The van der Waals surface area contributed by atoms with Gasteiger partial charge >= 0.3 is 0 Å². The van der Waals surface area contributed by atoms with Gasteiger partial charge in [-0.3, -0.25) is 19.4 Å². The molecule has 1 aromatic heterocycles. The lowest BCUT2D eigenvalue weighted by atomic mass is 10.4. The molecule has 1 unspecified atom stereocenters. The van der Waals surface area contributed by atoms with Gasteiger partial charge in [-0.25, -0.2) is 4.98 Å². The van der Waals surface area contributed by atoms with Gasteiger partial charge in [-0.15, -0.1) is 0 Å². The van der Waals surface area contributed by atoms with Gasteiger partial charge in [-0.2, -0.15) is 5.06 Å². The molecule has 1 rings (SSSR count). The molecule has 1 atom stereocenters. The number of imidazole rings is 1. The number of hydrogen-bond acceptors (Lipinski definition) is 5. The largest absolute Gasteiger partial charge is 0.344 e. The minimum atomic E-state index is -3.49. The van der Waals surface area contributed by atoms with Crippen LogP contribution in [0.2, 0.25) is 0 Å². The average molecular weight is 304 g/mol. The van der Waals surface area contributed by atoms with Crippen LogP contribution in [0.25, 0.3) is 0 Å². The Morgan fingerprint density at radius 3 is 2.60 bits per heavy atom. The number of nitrogens with one attached hydrogen (secondary N) is 1. The molecule has 0 saturated heterocycles. The van der Waals surface area contributed by atoms with E-state index in [-0.39, 0.29) is 12.0 Å². The van der Waals surface area contributed by atoms with E-state index >= 15 is 0 Å². The van der Waals surface area contributed by atoms with E-state index in [0.29, 0.717) is 5.06 Å². The van der Waals surface area contributed by atoms with E-state index in [4.69, 9.17) is 0 Å². The summed E-state index contributed by atoms with van der Waals surface area (Å²) in [6.07, 6.45) is 1.98. The van der Waals surface area contributed by atoms with Crippen molar-refractivity contribution in [2.45, 2.75) is 6.92 Å². The Morgan fingerprint density at radius 2 is 2.10 bits per heavy atom. The number of rotatable bonds is 6. The highest BCUT2D eigenvalue weighted by molar-refractivity contribution is 7.58. The van der Waals surface area contributed by atoms with Gasteiger partial charge < -0.3 is 14.8 Å². The predicted molar refractivity (Wildman–Crippen MR) is 70.7 cm³/mol. The first-order chi connectivity index (χ1) is 9.26. The molecule has 2 amide bonds. The van der Waals surface area contributed by atoms with Crippen LogP contribution in [0.15, 0.2) is 12.5 Å². The standard InChI is InChI=1S/C10H17N4O5P/c1-3-20(18,19)6-10(16)13(2)5-9(15)14(17)8-4-11-7-12-8/h4,7,17H,3,5-6H2,1-2H3,(H,11,12)(H,18,19). The van der Waals surface area contributed by atoms with Crippen LogP contribution in [-0.4, -0.2) is 62.7 Å². The van der Waals surface area contributed by atoms with Crippen molar-refractivity contribution in [1.82, 2.24) is 14.9 Å². The lowest BCUT2D eigenvalue weighted by molar-refractivity contribution is -0.133. The van der Waals surface area contributed by atoms with Crippen LogP contribution < -0.4 is 5.06 Å². The summed E-state index contributed by atoms with van der Waals surface area (Å²) in [6, 6.07) is 0. The summed E-state index contributed by atoms with van der Waals surface area (Å²) in [6.45, 7) is 1.09. The number of aromatic nitrogens is 2. The zero-order valence-corrected chi connectivity index (χ0v) is 12.1. The fourth-order valence-corrected chi connectivity index (χ4v) is 2.19. The van der Waals surface area contributed by atoms with Crippen molar-refractivity contribution >= 4 is 25.0 Å². The summed E-state index contributed by atoms with van der Waals surface area (Å²) in [4.78, 5) is 39.9. The van der Waals surface area contributed by atoms with Gasteiger partial charge in [0.2, 0.25) is 13.3 Å². The van der Waals surface area contributed by atoms with Gasteiger partial charge in [0, 0.05) is 13.2 Å². The smallest absolute Gasteiger partial charge is 0.271 e. The van der Waals surface area contributed by atoms with Crippen molar-refractivity contribution in [3.8, 4) is 0 Å². The zero-order valence-electron chi connectivity index (χ0n) is 11.2. The third-order valence-electron chi connectivity index (χ3n) is 2.62. The van der Waals surface area contributed by atoms with E-state index in [1.807, 2.05) is 0 Å². The van der Waals surface area contributed by atoms with E-state index in [1.165, 1.54) is 26.5 Å². The van der Waals surface area contributed by atoms with Gasteiger partial charge in [0.1, 0.15) is 12.7 Å². The van der Waals surface area contributed by atoms with Gasteiger partial charge in [0.15, 0.2) is 5.82 Å². The number of carbonyl (C=O) groups excluding carboxylic acids is 2. The molecule has 0 aliphatic rings. The number of hydroxylamine groups is 1. The summed E-state index contributed by atoms with van der Waals surface area (Å²) in [7, 11) is -2.18. The molecule has 0 saturated carbocycles. The molecule has 0 aliphatic carbocycles. The first-order valence-corrected chi connectivity index (χ1v) is 7.85. The Labute approximate surface area is 115 Å². The number of anilines is 1. The average Bonchev–Trinajstić information content (AvgIpc) is 2.90. The quantitative estimate of drug-likeness (QED) is 0.382. The summed E-state index contributed by atoms with van der Waals surface area (Å²) < 4.78 is 11.5. The molecule has 0 radical (unpaired) electrons. The summed E-state index contributed by atoms with van der Waals surface area (Å²) in [5.41, 5.74) is 0. The molecule has 0 spiro atoms. The maximum atomic E-state index is 11.7. The van der Waals surface area contributed by atoms with Crippen LogP contribution in [0.3, 0.4) is 0 Å². The summed E-state index contributed by atoms with van der Waals surface area (Å²) >= 11 is 0. The lowest BCUT2D eigenvalue weighted by Crippen LogP contribution is -2.40. The van der Waals surface area contributed by atoms with E-state index in [1.54, 1.807) is 0 Å². The molecule has 10 heteroatoms. The molecule has 1 aromatic rings. The Bertz CT molecular complexity index is 518. The summed E-state index contributed by atoms with van der Waals surface area (Å²) in [5.74, 6) is -1.34. The van der Waals surface area contributed by atoms with Gasteiger partial charge in [0.05, 0.1) is 12.5 Å². The Kier molecular flexibility index (Phi) is 5.43. The minimum Gasteiger partial charge on any atom is -0.344 e. The highest BCUT2D eigenvalue weighted by Gasteiger charge is 2.25. The van der Waals surface area contributed by atoms with Crippen molar-refractivity contribution in [1.29, 1.82) is 0 Å². The second-order valence-electron chi connectivity index (χ2n) is 4.21. The van der Waals surface area contributed by atoms with Gasteiger partial charge in [-0.05, 0) is 0 Å². The molecule has 0 fully saturated rings. The minimum absolute atomic E-state index is 0.0131. The monoisotopic (exact) mass is 304 g/mol. The van der Waals surface area contributed by atoms with Gasteiger partial charge in [-0.1, -0.05) is 6.92 Å². The Hall–Kier alpha value is -1.70. The highest BCUT2D eigenvalue weighted by atomic mass is 31.2. The van der Waals surface area contributed by atoms with Gasteiger partial charge in [0.25, 0.3) is 5.91 Å². The molecular weight excluding hydrogens is 287 g/mol. The molecule has 3 N–H and O–H groups in total. The summed E-state index contributed by atoms with van der Waals surface area (Å²) in [5, 5.41) is 9.89. The maximum Gasteiger partial charge on any atom is 0.271 e. The number of nitrogens with zero attached hydrogens (tertiary/aromatic N) is 3. The van der Waals surface area contributed by atoms with Crippen molar-refractivity contribution in [2.75, 3.05) is 31.0 Å². The van der Waals surface area contributed by atoms with E-state index in [0.717, 1.165) is 4.90 Å². The van der Waals surface area contributed by atoms with Crippen molar-refractivity contribution in [3.63, 3.8) is 0 Å². The van der Waals surface area contributed by atoms with E-state index < -0.39 is 31.9 Å². The van der Waals surface area contributed by atoms with Crippen molar-refractivity contribution in [3.05, 3.63) is 12.5 Å². The normalized spacial score (nSPS) is 13.6. The van der Waals surface area contributed by atoms with E-state index in [2.05, 4.69) is 9.97 Å². The SMILES string of the molecule is CCP(=O)(O)CC(=O)N(C)CC(=O)N(O)c1cnc[nH]1. The number of carbonyl (C=O) groups is 2. The number of H-pyrrole nitrogens is 1. The number of aromatic amines is 1. The number of amides is 2. The van der Waals surface area contributed by atoms with Crippen molar-refractivity contribution < 1.29 is 24.3 Å². The fourth-order valence-electron chi connectivity index (χ4n) is 1.30. The van der Waals surface area contributed by atoms with Crippen LogP contribution in [0, 0.1) is 0 Å². The molecule has 112 valence electrons. The van der Waals surface area contributed by atoms with E-state index in [9.17, 15) is 24.3 Å². The predicted octanol–water partition coefficient (Wildman–Crippen LogP) is -0.119. The number of likely N-dealkylation sites (N-methyl/N-ethyl adjacent to an activating group) is 1. The third-order valence-corrected chi connectivity index (χ3v) is 4.38. The van der Waals surface area contributed by atoms with Crippen LogP contribution in [-0.2, 0) is 14.2 Å². The van der Waals surface area contributed by atoms with Crippen LogP contribution in [0.4, 0.5) is 5.82 Å². The molecule has 9 nitrogen and oxygen atoms in total. The topological polar surface area (TPSA) is 127 Å². The molecule has 0 bridgehead atoms. The fraction of sp³-hybridized carbons (Fsp3) is 0.500. The second-order valence-corrected chi connectivity index (χ2v) is 6.85. The van der Waals surface area contributed by atoms with Crippen LogP contribution in [0.5, 0.6) is 0 Å². The molecule has 1 heterocycles. The molecule has 0 aliphatic heterocycles. The van der Waals surface area contributed by atoms with Crippen LogP contribution >= 0.6 is 7.37 Å². The Balaban J connectivity index is 2.57. The maximum absolute atomic E-state index is 11.7. The third kappa shape index (κ3) is 4.44. The molecule has 0 aromatic carbocycles. The highest BCUT2D eigenvalue weighted by Crippen LogP contribution is 2.39. The first kappa shape index (κ1) is 16.4. The molecular formula is C10H17N4O5P. The Morgan fingerprint density at radius 1 is 1.45 bits per heavy atom. The van der Waals surface area contributed by atoms with Crippen LogP contribution in [0.1, 0.15) is 6.92 Å². The first-order valence-electron chi connectivity index (χ1n) is 5.82. The molecule has 20 heavy (non-hydrogen) atoms. The zero-order chi connectivity index (χ0) is 15.3. The second kappa shape index (κ2) is 6.65. The lowest BCUT2D eigenvalue weighted by Gasteiger charge is -2.20. The van der Waals surface area contributed by atoms with Crippen molar-refractivity contribution in [2.24, 2.45) is 0 Å². The number of hydrogen-bond donors (Lipinski definition) is 3.